The van der Waals surface area contributed by atoms with Crippen molar-refractivity contribution < 1.29 is 43.2 Å². The van der Waals surface area contributed by atoms with Crippen molar-refractivity contribution in [1.29, 1.82) is 0 Å². The maximum Gasteiger partial charge on any atom is 0.370 e. The van der Waals surface area contributed by atoms with E-state index in [0.717, 1.165) is 43.6 Å². The summed E-state index contributed by atoms with van der Waals surface area (Å²) in [6, 6.07) is -2.33. The molecule has 0 spiro atoms. The van der Waals surface area contributed by atoms with Gasteiger partial charge < -0.3 is 30.5 Å². The number of hydrogen-bond donors (Lipinski definition) is 6. The zero-order valence-corrected chi connectivity index (χ0v) is 19.3. The lowest BCUT2D eigenvalue weighted by atomic mass is 9.92. The van der Waals surface area contributed by atoms with E-state index in [1.165, 1.54) is 6.92 Å². The number of hydrogen-bond acceptors (Lipinski definition) is 9. The first-order valence-electron chi connectivity index (χ1n) is 10.5. The van der Waals surface area contributed by atoms with E-state index < -0.39 is 64.7 Å². The van der Waals surface area contributed by atoms with Crippen molar-refractivity contribution >= 4 is 27.7 Å². The van der Waals surface area contributed by atoms with E-state index in [1.54, 1.807) is 0 Å². The summed E-state index contributed by atoms with van der Waals surface area (Å²) in [6.07, 6.45) is 2.83. The largest absolute Gasteiger partial charge is 0.478 e. The number of ether oxygens (including phenoxy) is 1. The second kappa shape index (κ2) is 11.6. The Balaban J connectivity index is 2.53. The number of amides is 1. The highest BCUT2D eigenvalue weighted by Gasteiger charge is 2.43. The number of aliphatic carboxylic acids is 1. The van der Waals surface area contributed by atoms with E-state index in [9.17, 15) is 38.4 Å². The molecule has 186 valence electrons. The number of aliphatic imine (C=N–C) groups is 1. The summed E-state index contributed by atoms with van der Waals surface area (Å²) < 4.78 is 31.5. The third-order valence-corrected chi connectivity index (χ3v) is 5.80. The van der Waals surface area contributed by atoms with Crippen LogP contribution in [-0.2, 0) is 24.3 Å². The first kappa shape index (κ1) is 26.8. The zero-order chi connectivity index (χ0) is 24.8. The number of aliphatic hydroxyl groups excluding tert-OH is 3. The summed E-state index contributed by atoms with van der Waals surface area (Å²) in [5, 5.41) is 41.5. The molecule has 0 aromatic heterocycles. The van der Waals surface area contributed by atoms with Crippen LogP contribution in [0.3, 0.4) is 0 Å². The molecule has 1 amide bonds. The third-order valence-electron chi connectivity index (χ3n) is 5.19. The second-order valence-electron chi connectivity index (χ2n) is 8.11. The van der Waals surface area contributed by atoms with Crippen LogP contribution in [0, 0.1) is 0 Å². The molecule has 0 saturated carbocycles. The molecule has 12 nitrogen and oxygen atoms in total. The Bertz CT molecular complexity index is 929. The van der Waals surface area contributed by atoms with Crippen LogP contribution in [-0.4, -0.2) is 89.8 Å². The maximum absolute atomic E-state index is 11.9. The molecule has 2 rings (SSSR count). The van der Waals surface area contributed by atoms with Crippen LogP contribution < -0.4 is 10.0 Å². The van der Waals surface area contributed by atoms with Crippen LogP contribution in [0.2, 0.25) is 0 Å². The highest BCUT2D eigenvalue weighted by atomic mass is 32.2. The Kier molecular flexibility index (Phi) is 9.40. The van der Waals surface area contributed by atoms with E-state index in [1.807, 2.05) is 6.08 Å². The molecule has 1 aliphatic carbocycles. The molecule has 0 unspecified atom stereocenters. The number of allylic oxidation sites excluding steroid dienone is 1. The van der Waals surface area contributed by atoms with Crippen LogP contribution in [0.25, 0.3) is 0 Å². The Hall–Kier alpha value is -2.48. The summed E-state index contributed by atoms with van der Waals surface area (Å²) in [5.74, 6) is -2.61. The predicted octanol–water partition coefficient (Wildman–Crippen LogP) is -1.22. The molecule has 1 aliphatic heterocycles. The standard InChI is InChI=1S/C20H31N3O9S/c1-11(25)21-17-13(9-15(20(28)29)32-19(17)18(27)14(26)10-24)22-16(23-33(2,30)31)8-12-6-4-3-5-7-12/h6,9,13-14,17-19,24,26-27H,3-5,7-8,10H2,1-2H3,(H,21,25)(H,22,23)(H,28,29)/t13-,14+,17+,18+,19+/m0/s1. The van der Waals surface area contributed by atoms with Gasteiger partial charge in [0.05, 0.1) is 24.9 Å². The van der Waals surface area contributed by atoms with Gasteiger partial charge in [-0.25, -0.2) is 13.2 Å². The number of carbonyl (C=O) groups is 2. The molecular weight excluding hydrogens is 458 g/mol. The lowest BCUT2D eigenvalue weighted by Crippen LogP contribution is -2.59. The SMILES string of the molecule is CC(=O)N[C@H]1[C@H]([C@H](O)[C@H](O)CO)OC(C(=O)O)=C[C@@H]1N=C(CC1=CCCCC1)NS(C)(=O)=O. The van der Waals surface area contributed by atoms with E-state index in [-0.39, 0.29) is 12.3 Å². The number of carboxylic acids is 1. The summed E-state index contributed by atoms with van der Waals surface area (Å²) in [7, 11) is -3.73. The fourth-order valence-electron chi connectivity index (χ4n) is 3.75. The first-order chi connectivity index (χ1) is 15.4. The van der Waals surface area contributed by atoms with Gasteiger partial charge in [-0.2, -0.15) is 0 Å². The third kappa shape index (κ3) is 8.11. The van der Waals surface area contributed by atoms with E-state index in [2.05, 4.69) is 15.0 Å². The van der Waals surface area contributed by atoms with Gasteiger partial charge in [0.2, 0.25) is 21.7 Å². The van der Waals surface area contributed by atoms with Crippen LogP contribution in [0.1, 0.15) is 39.0 Å². The number of aliphatic hydroxyl groups is 3. The van der Waals surface area contributed by atoms with Crippen LogP contribution >= 0.6 is 0 Å². The van der Waals surface area contributed by atoms with Gasteiger partial charge in [-0.05, 0) is 31.8 Å². The van der Waals surface area contributed by atoms with Crippen LogP contribution in [0.15, 0.2) is 28.5 Å². The van der Waals surface area contributed by atoms with E-state index >= 15 is 0 Å². The number of sulfonamides is 1. The van der Waals surface area contributed by atoms with Gasteiger partial charge in [0, 0.05) is 13.3 Å². The monoisotopic (exact) mass is 489 g/mol. The smallest absolute Gasteiger partial charge is 0.370 e. The quantitative estimate of drug-likeness (QED) is 0.131. The first-order valence-corrected chi connectivity index (χ1v) is 12.4. The molecular formula is C20H31N3O9S. The van der Waals surface area contributed by atoms with Crippen molar-refractivity contribution in [3.8, 4) is 0 Å². The van der Waals surface area contributed by atoms with Crippen molar-refractivity contribution in [2.75, 3.05) is 12.9 Å². The molecule has 0 aromatic rings. The summed E-state index contributed by atoms with van der Waals surface area (Å²) in [4.78, 5) is 27.9. The Morgan fingerprint density at radius 2 is 2.00 bits per heavy atom. The Morgan fingerprint density at radius 3 is 2.52 bits per heavy atom. The highest BCUT2D eigenvalue weighted by Crippen LogP contribution is 2.26. The van der Waals surface area contributed by atoms with Gasteiger partial charge in [0.25, 0.3) is 0 Å². The van der Waals surface area contributed by atoms with Gasteiger partial charge in [-0.3, -0.25) is 14.5 Å². The predicted molar refractivity (Wildman–Crippen MR) is 118 cm³/mol. The molecule has 0 saturated heterocycles. The number of nitrogens with one attached hydrogen (secondary N) is 2. The maximum atomic E-state index is 11.9. The number of nitrogens with zero attached hydrogens (tertiary/aromatic N) is 1. The normalized spacial score (nSPS) is 25.7. The minimum absolute atomic E-state index is 0.0323. The number of carbonyl (C=O) groups excluding carboxylic acids is 1. The van der Waals surface area contributed by atoms with Crippen LogP contribution in [0.5, 0.6) is 0 Å². The molecule has 1 heterocycles. The van der Waals surface area contributed by atoms with Gasteiger partial charge in [-0.15, -0.1) is 0 Å². The van der Waals surface area contributed by atoms with Gasteiger partial charge in [0.1, 0.15) is 24.1 Å². The summed E-state index contributed by atoms with van der Waals surface area (Å²) in [5.41, 5.74) is 0.967. The van der Waals surface area contributed by atoms with Crippen molar-refractivity contribution in [3.63, 3.8) is 0 Å². The Labute approximate surface area is 192 Å². The topological polar surface area (TPSA) is 195 Å². The lowest BCUT2D eigenvalue weighted by molar-refractivity contribution is -0.145. The number of amidine groups is 1. The fourth-order valence-corrected chi connectivity index (χ4v) is 4.30. The average Bonchev–Trinajstić information content (AvgIpc) is 2.72. The minimum Gasteiger partial charge on any atom is -0.478 e. The number of carboxylic acid groups (broad SMARTS) is 1. The average molecular weight is 490 g/mol. The highest BCUT2D eigenvalue weighted by molar-refractivity contribution is 7.89. The molecule has 0 aromatic carbocycles. The fraction of sp³-hybridized carbons (Fsp3) is 0.650. The van der Waals surface area contributed by atoms with Crippen molar-refractivity contribution in [2.45, 2.75) is 69.4 Å². The minimum atomic E-state index is -3.73. The molecule has 13 heteroatoms. The van der Waals surface area contributed by atoms with Crippen molar-refractivity contribution in [3.05, 3.63) is 23.5 Å². The molecule has 5 atom stereocenters. The summed E-state index contributed by atoms with van der Waals surface area (Å²) in [6.45, 7) is 0.342. The Morgan fingerprint density at radius 1 is 1.30 bits per heavy atom. The van der Waals surface area contributed by atoms with Gasteiger partial charge >= 0.3 is 5.97 Å². The lowest BCUT2D eigenvalue weighted by Gasteiger charge is -2.38. The second-order valence-corrected chi connectivity index (χ2v) is 9.86. The van der Waals surface area contributed by atoms with Gasteiger partial charge in [-0.1, -0.05) is 11.6 Å². The van der Waals surface area contributed by atoms with Crippen molar-refractivity contribution in [2.24, 2.45) is 4.99 Å². The molecule has 0 bridgehead atoms. The van der Waals surface area contributed by atoms with Gasteiger partial charge in [0.15, 0.2) is 0 Å². The number of rotatable bonds is 9. The summed E-state index contributed by atoms with van der Waals surface area (Å²) >= 11 is 0. The van der Waals surface area contributed by atoms with Crippen molar-refractivity contribution in [1.82, 2.24) is 10.0 Å². The molecule has 33 heavy (non-hydrogen) atoms. The van der Waals surface area contributed by atoms with Crippen LogP contribution in [0.4, 0.5) is 0 Å². The molecule has 0 radical (unpaired) electrons. The zero-order valence-electron chi connectivity index (χ0n) is 18.5. The molecule has 6 N–H and O–H groups in total. The molecule has 0 fully saturated rings. The van der Waals surface area contributed by atoms with E-state index in [0.29, 0.717) is 0 Å². The molecule has 2 aliphatic rings. The van der Waals surface area contributed by atoms with E-state index in [4.69, 9.17) is 4.74 Å².